The van der Waals surface area contributed by atoms with E-state index in [0.717, 1.165) is 18.7 Å². The quantitative estimate of drug-likeness (QED) is 0.767. The summed E-state index contributed by atoms with van der Waals surface area (Å²) in [7, 11) is 0. The Kier molecular flexibility index (Phi) is 3.11. The molecule has 0 amide bonds. The van der Waals surface area contributed by atoms with E-state index in [0.29, 0.717) is 28.2 Å². The lowest BCUT2D eigenvalue weighted by Gasteiger charge is -2.11. The zero-order valence-corrected chi connectivity index (χ0v) is 12.3. The highest BCUT2D eigenvalue weighted by Gasteiger charge is 2.22. The number of anilines is 3. The van der Waals surface area contributed by atoms with Gasteiger partial charge < -0.3 is 10.6 Å². The first-order chi connectivity index (χ1) is 10.7. The van der Waals surface area contributed by atoms with Gasteiger partial charge in [-0.2, -0.15) is 9.61 Å². The van der Waals surface area contributed by atoms with E-state index in [2.05, 4.69) is 20.7 Å². The van der Waals surface area contributed by atoms with Gasteiger partial charge in [-0.15, -0.1) is 0 Å². The number of benzene rings is 1. The predicted octanol–water partition coefficient (Wildman–Crippen LogP) is 3.84. The summed E-state index contributed by atoms with van der Waals surface area (Å²) < 4.78 is 15.6. The summed E-state index contributed by atoms with van der Waals surface area (Å²) in [6.45, 7) is 0. The Bertz CT molecular complexity index is 843. The Morgan fingerprint density at radius 3 is 2.91 bits per heavy atom. The van der Waals surface area contributed by atoms with Gasteiger partial charge in [-0.05, 0) is 31.0 Å². The van der Waals surface area contributed by atoms with Crippen molar-refractivity contribution in [3.63, 3.8) is 0 Å². The van der Waals surface area contributed by atoms with Crippen molar-refractivity contribution in [2.24, 2.45) is 0 Å². The van der Waals surface area contributed by atoms with Gasteiger partial charge in [0.1, 0.15) is 17.5 Å². The normalized spacial score (nSPS) is 14.3. The molecule has 22 heavy (non-hydrogen) atoms. The van der Waals surface area contributed by atoms with Crippen LogP contribution in [0.25, 0.3) is 5.65 Å². The summed E-state index contributed by atoms with van der Waals surface area (Å²) in [4.78, 5) is 4.43. The van der Waals surface area contributed by atoms with E-state index in [4.69, 9.17) is 11.6 Å². The van der Waals surface area contributed by atoms with Crippen molar-refractivity contribution in [3.8, 4) is 0 Å². The van der Waals surface area contributed by atoms with Crippen LogP contribution in [0.4, 0.5) is 21.7 Å². The van der Waals surface area contributed by atoms with Crippen LogP contribution in [0.1, 0.15) is 12.8 Å². The average molecular weight is 318 g/mol. The molecule has 0 bridgehead atoms. The van der Waals surface area contributed by atoms with E-state index in [1.807, 2.05) is 6.07 Å². The SMILES string of the molecule is Fc1ccc(Cl)cc1Nc1cc(NC2CC2)n2nccc2n1. The maximum absolute atomic E-state index is 13.8. The summed E-state index contributed by atoms with van der Waals surface area (Å²) >= 11 is 5.92. The third-order valence-electron chi connectivity index (χ3n) is 3.48. The third kappa shape index (κ3) is 2.57. The highest BCUT2D eigenvalue weighted by atomic mass is 35.5. The second-order valence-corrected chi connectivity index (χ2v) is 5.73. The number of halogens is 2. The molecule has 0 unspecified atom stereocenters. The van der Waals surface area contributed by atoms with Crippen LogP contribution in [0.5, 0.6) is 0 Å². The summed E-state index contributed by atoms with van der Waals surface area (Å²) in [5.41, 5.74) is 0.983. The lowest BCUT2D eigenvalue weighted by molar-refractivity contribution is 0.632. The standard InChI is InChI=1S/C15H13ClFN5/c16-9-1-4-11(17)12(7-9)20-13-8-15(19-10-2-3-10)22-14(21-13)5-6-18-22/h1,4-8,10,19H,2-3H2,(H,20,21). The van der Waals surface area contributed by atoms with Gasteiger partial charge in [-0.1, -0.05) is 11.6 Å². The van der Waals surface area contributed by atoms with Gasteiger partial charge in [0.25, 0.3) is 0 Å². The lowest BCUT2D eigenvalue weighted by Crippen LogP contribution is -2.09. The van der Waals surface area contributed by atoms with Crippen LogP contribution in [0, 0.1) is 5.82 Å². The maximum Gasteiger partial charge on any atom is 0.159 e. The van der Waals surface area contributed by atoms with Gasteiger partial charge in [-0.3, -0.25) is 0 Å². The molecular formula is C15H13ClFN5. The van der Waals surface area contributed by atoms with Gasteiger partial charge in [0.05, 0.1) is 11.9 Å². The predicted molar refractivity (Wildman–Crippen MR) is 84.3 cm³/mol. The molecule has 3 aromatic rings. The Morgan fingerprint density at radius 1 is 1.23 bits per heavy atom. The smallest absolute Gasteiger partial charge is 0.159 e. The number of hydrogen-bond acceptors (Lipinski definition) is 4. The maximum atomic E-state index is 13.8. The van der Waals surface area contributed by atoms with Crippen LogP contribution in [-0.2, 0) is 0 Å². The lowest BCUT2D eigenvalue weighted by atomic mass is 10.3. The third-order valence-corrected chi connectivity index (χ3v) is 3.71. The number of rotatable bonds is 4. The van der Waals surface area contributed by atoms with Crippen LogP contribution in [0.2, 0.25) is 5.02 Å². The molecule has 2 N–H and O–H groups in total. The second-order valence-electron chi connectivity index (χ2n) is 5.30. The molecule has 1 aliphatic rings. The van der Waals surface area contributed by atoms with Crippen LogP contribution in [-0.4, -0.2) is 20.6 Å². The van der Waals surface area contributed by atoms with Crippen molar-refractivity contribution in [2.75, 3.05) is 10.6 Å². The van der Waals surface area contributed by atoms with Crippen molar-refractivity contribution < 1.29 is 4.39 Å². The van der Waals surface area contributed by atoms with E-state index < -0.39 is 0 Å². The van der Waals surface area contributed by atoms with Gasteiger partial charge in [0.15, 0.2) is 5.65 Å². The largest absolute Gasteiger partial charge is 0.367 e. The molecule has 112 valence electrons. The molecule has 0 radical (unpaired) electrons. The van der Waals surface area contributed by atoms with Crippen LogP contribution < -0.4 is 10.6 Å². The minimum atomic E-state index is -0.378. The molecule has 1 saturated carbocycles. The molecule has 0 atom stereocenters. The Balaban J connectivity index is 1.72. The molecule has 1 fully saturated rings. The first kappa shape index (κ1) is 13.3. The van der Waals surface area contributed by atoms with Gasteiger partial charge >= 0.3 is 0 Å². The second kappa shape index (κ2) is 5.14. The van der Waals surface area contributed by atoms with E-state index >= 15 is 0 Å². The van der Waals surface area contributed by atoms with E-state index in [1.54, 1.807) is 16.8 Å². The minimum absolute atomic E-state index is 0.293. The molecule has 5 nitrogen and oxygen atoms in total. The summed E-state index contributed by atoms with van der Waals surface area (Å²) in [6, 6.07) is 8.47. The highest BCUT2D eigenvalue weighted by Crippen LogP contribution is 2.28. The van der Waals surface area contributed by atoms with Crippen molar-refractivity contribution >= 4 is 34.6 Å². The molecule has 0 spiro atoms. The molecule has 1 aliphatic carbocycles. The molecule has 0 saturated heterocycles. The molecule has 2 heterocycles. The highest BCUT2D eigenvalue weighted by molar-refractivity contribution is 6.30. The zero-order valence-electron chi connectivity index (χ0n) is 11.6. The van der Waals surface area contributed by atoms with Crippen LogP contribution in [0.3, 0.4) is 0 Å². The fraction of sp³-hybridized carbons (Fsp3) is 0.200. The van der Waals surface area contributed by atoms with Crippen LogP contribution >= 0.6 is 11.6 Å². The van der Waals surface area contributed by atoms with Gasteiger partial charge in [-0.25, -0.2) is 9.37 Å². The van der Waals surface area contributed by atoms with Crippen molar-refractivity contribution in [3.05, 3.63) is 47.4 Å². The Morgan fingerprint density at radius 2 is 2.09 bits per heavy atom. The first-order valence-corrected chi connectivity index (χ1v) is 7.40. The Hall–Kier alpha value is -2.34. The van der Waals surface area contributed by atoms with E-state index in [9.17, 15) is 4.39 Å². The molecule has 7 heteroatoms. The van der Waals surface area contributed by atoms with E-state index in [-0.39, 0.29) is 5.82 Å². The van der Waals surface area contributed by atoms with Crippen molar-refractivity contribution in [1.82, 2.24) is 14.6 Å². The van der Waals surface area contributed by atoms with Crippen LogP contribution in [0.15, 0.2) is 36.5 Å². The molecular weight excluding hydrogens is 305 g/mol. The molecule has 4 rings (SSSR count). The Labute approximate surface area is 131 Å². The number of nitrogens with zero attached hydrogens (tertiary/aromatic N) is 3. The van der Waals surface area contributed by atoms with Gasteiger partial charge in [0, 0.05) is 23.2 Å². The summed E-state index contributed by atoms with van der Waals surface area (Å²) in [5.74, 6) is 0.996. The molecule has 2 aromatic heterocycles. The number of fused-ring (bicyclic) bond motifs is 1. The molecule has 1 aromatic carbocycles. The van der Waals surface area contributed by atoms with Gasteiger partial charge in [0.2, 0.25) is 0 Å². The summed E-state index contributed by atoms with van der Waals surface area (Å²) in [6.07, 6.45) is 3.98. The first-order valence-electron chi connectivity index (χ1n) is 7.02. The van der Waals surface area contributed by atoms with Crippen molar-refractivity contribution in [2.45, 2.75) is 18.9 Å². The minimum Gasteiger partial charge on any atom is -0.367 e. The molecule has 0 aliphatic heterocycles. The van der Waals surface area contributed by atoms with Crippen molar-refractivity contribution in [1.29, 1.82) is 0 Å². The van der Waals surface area contributed by atoms with E-state index in [1.165, 1.54) is 18.2 Å². The zero-order chi connectivity index (χ0) is 15.1. The number of hydrogen-bond donors (Lipinski definition) is 2. The summed E-state index contributed by atoms with van der Waals surface area (Å²) in [5, 5.41) is 11.1. The fourth-order valence-electron chi connectivity index (χ4n) is 2.25. The number of nitrogens with one attached hydrogen (secondary N) is 2. The fourth-order valence-corrected chi connectivity index (χ4v) is 2.42. The number of aromatic nitrogens is 3. The average Bonchev–Trinajstić information content (AvgIpc) is 3.17. The topological polar surface area (TPSA) is 54.2 Å². The monoisotopic (exact) mass is 317 g/mol.